The van der Waals surface area contributed by atoms with Crippen LogP contribution in [0.4, 0.5) is 0 Å². The minimum Gasteiger partial charge on any atom is -0.496 e. The molecule has 3 N–H and O–H groups in total. The Morgan fingerprint density at radius 3 is 2.50 bits per heavy atom. The van der Waals surface area contributed by atoms with E-state index < -0.39 is 10.0 Å². The van der Waals surface area contributed by atoms with Crippen LogP contribution in [0.3, 0.4) is 0 Å². The monoisotopic (exact) mass is 430 g/mol. The Morgan fingerprint density at radius 2 is 1.87 bits per heavy atom. The molecular weight excluding hydrogens is 400 g/mol. The fraction of sp³-hybridized carbons (Fsp3) is 0.409. The molecule has 0 aliphatic heterocycles. The van der Waals surface area contributed by atoms with Gasteiger partial charge in [0, 0.05) is 26.2 Å². The summed E-state index contributed by atoms with van der Waals surface area (Å²) in [6.07, 6.45) is 2.65. The molecule has 0 bridgehead atoms. The van der Waals surface area contributed by atoms with E-state index in [1.807, 2.05) is 24.3 Å². The van der Waals surface area contributed by atoms with Gasteiger partial charge < -0.3 is 15.4 Å². The van der Waals surface area contributed by atoms with E-state index in [1.165, 1.54) is 5.56 Å². The first-order valence-corrected chi connectivity index (χ1v) is 11.6. The number of nitrogens with one attached hydrogen (secondary N) is 3. The first kappa shape index (κ1) is 22.1. The third-order valence-electron chi connectivity index (χ3n) is 4.94. The molecule has 162 valence electrons. The molecule has 3 rings (SSSR count). The van der Waals surface area contributed by atoms with Gasteiger partial charge in [0.1, 0.15) is 5.75 Å². The van der Waals surface area contributed by atoms with E-state index in [0.29, 0.717) is 23.9 Å². The zero-order valence-electron chi connectivity index (χ0n) is 17.7. The number of nitrogens with zero attached hydrogens (tertiary/aromatic N) is 1. The lowest BCUT2D eigenvalue weighted by atomic mass is 10.1. The molecule has 2 aromatic rings. The summed E-state index contributed by atoms with van der Waals surface area (Å²) in [5.41, 5.74) is 3.33. The maximum Gasteiger partial charge on any atom is 0.240 e. The lowest BCUT2D eigenvalue weighted by Gasteiger charge is -2.14. The SMILES string of the molecule is CN=C(NCCc1cc(C)ccc1OC)NCc1ccc(S(=O)(=O)NC2CC2)cc1. The van der Waals surface area contributed by atoms with E-state index in [2.05, 4.69) is 33.3 Å². The van der Waals surface area contributed by atoms with Gasteiger partial charge in [0.2, 0.25) is 10.0 Å². The summed E-state index contributed by atoms with van der Waals surface area (Å²) < 4.78 is 32.6. The number of benzene rings is 2. The van der Waals surface area contributed by atoms with Crippen LogP contribution in [0.5, 0.6) is 5.75 Å². The largest absolute Gasteiger partial charge is 0.496 e. The molecule has 2 aromatic carbocycles. The molecule has 8 heteroatoms. The van der Waals surface area contributed by atoms with Crippen molar-refractivity contribution in [1.29, 1.82) is 0 Å². The maximum atomic E-state index is 12.2. The molecule has 7 nitrogen and oxygen atoms in total. The number of sulfonamides is 1. The molecule has 1 aliphatic rings. The van der Waals surface area contributed by atoms with Gasteiger partial charge in [-0.3, -0.25) is 4.99 Å². The topological polar surface area (TPSA) is 91.8 Å². The van der Waals surface area contributed by atoms with Gasteiger partial charge in [0.15, 0.2) is 5.96 Å². The second-order valence-electron chi connectivity index (χ2n) is 7.46. The third kappa shape index (κ3) is 6.21. The highest BCUT2D eigenvalue weighted by Crippen LogP contribution is 2.22. The molecule has 0 aromatic heterocycles. The molecule has 0 saturated heterocycles. The molecular formula is C22H30N4O3S. The molecule has 1 aliphatic carbocycles. The highest BCUT2D eigenvalue weighted by Gasteiger charge is 2.27. The molecule has 30 heavy (non-hydrogen) atoms. The smallest absolute Gasteiger partial charge is 0.240 e. The van der Waals surface area contributed by atoms with Crippen LogP contribution in [0.2, 0.25) is 0 Å². The molecule has 0 atom stereocenters. The number of aliphatic imine (C=N–C) groups is 1. The van der Waals surface area contributed by atoms with Crippen molar-refractivity contribution >= 4 is 16.0 Å². The zero-order valence-corrected chi connectivity index (χ0v) is 18.6. The van der Waals surface area contributed by atoms with Crippen molar-refractivity contribution in [3.05, 3.63) is 59.2 Å². The Kier molecular flexibility index (Phi) is 7.33. The van der Waals surface area contributed by atoms with Gasteiger partial charge in [-0.25, -0.2) is 13.1 Å². The predicted molar refractivity (Wildman–Crippen MR) is 119 cm³/mol. The summed E-state index contributed by atoms with van der Waals surface area (Å²) in [4.78, 5) is 4.55. The van der Waals surface area contributed by atoms with Crippen LogP contribution in [-0.4, -0.2) is 41.1 Å². The Bertz CT molecular complexity index is 984. The van der Waals surface area contributed by atoms with Gasteiger partial charge in [-0.1, -0.05) is 29.8 Å². The molecule has 0 heterocycles. The fourth-order valence-corrected chi connectivity index (χ4v) is 4.40. The highest BCUT2D eigenvalue weighted by atomic mass is 32.2. The molecule has 0 amide bonds. The van der Waals surface area contributed by atoms with E-state index >= 15 is 0 Å². The van der Waals surface area contributed by atoms with Crippen molar-refractivity contribution < 1.29 is 13.2 Å². The number of hydrogen-bond acceptors (Lipinski definition) is 4. The summed E-state index contributed by atoms with van der Waals surface area (Å²) in [6.45, 7) is 3.32. The van der Waals surface area contributed by atoms with Crippen LogP contribution in [0.15, 0.2) is 52.4 Å². The summed E-state index contributed by atoms with van der Waals surface area (Å²) >= 11 is 0. The second-order valence-corrected chi connectivity index (χ2v) is 9.17. The maximum absolute atomic E-state index is 12.2. The van der Waals surface area contributed by atoms with E-state index in [0.717, 1.165) is 36.1 Å². The number of hydrogen-bond donors (Lipinski definition) is 3. The van der Waals surface area contributed by atoms with Crippen LogP contribution in [0.25, 0.3) is 0 Å². The van der Waals surface area contributed by atoms with Crippen LogP contribution >= 0.6 is 0 Å². The summed E-state index contributed by atoms with van der Waals surface area (Å²) in [7, 11) is -0.00857. The van der Waals surface area contributed by atoms with Crippen molar-refractivity contribution in [1.82, 2.24) is 15.4 Å². The minimum absolute atomic E-state index is 0.102. The number of ether oxygens (including phenoxy) is 1. The molecule has 0 unspecified atom stereocenters. The van der Waals surface area contributed by atoms with Gasteiger partial charge in [-0.05, 0) is 55.5 Å². The average Bonchev–Trinajstić information content (AvgIpc) is 3.54. The lowest BCUT2D eigenvalue weighted by Crippen LogP contribution is -2.37. The van der Waals surface area contributed by atoms with Crippen LogP contribution < -0.4 is 20.1 Å². The van der Waals surface area contributed by atoms with Gasteiger partial charge in [0.25, 0.3) is 0 Å². The number of aryl methyl sites for hydroxylation is 1. The van der Waals surface area contributed by atoms with Crippen LogP contribution in [-0.2, 0) is 23.0 Å². The quantitative estimate of drug-likeness (QED) is 0.420. The van der Waals surface area contributed by atoms with E-state index in [1.54, 1.807) is 26.3 Å². The lowest BCUT2D eigenvalue weighted by molar-refractivity contribution is 0.409. The van der Waals surface area contributed by atoms with Gasteiger partial charge >= 0.3 is 0 Å². The Morgan fingerprint density at radius 1 is 1.13 bits per heavy atom. The average molecular weight is 431 g/mol. The molecule has 0 spiro atoms. The van der Waals surface area contributed by atoms with Gasteiger partial charge in [-0.2, -0.15) is 0 Å². The van der Waals surface area contributed by atoms with Crippen molar-refractivity contribution in [2.75, 3.05) is 20.7 Å². The molecule has 1 saturated carbocycles. The standard InChI is InChI=1S/C22H30N4O3S/c1-16-4-11-21(29-3)18(14-16)12-13-24-22(23-2)25-15-17-5-9-20(10-6-17)30(27,28)26-19-7-8-19/h4-6,9-11,14,19,26H,7-8,12-13,15H2,1-3H3,(H2,23,24,25). The summed E-state index contributed by atoms with van der Waals surface area (Å²) in [6, 6.07) is 13.2. The minimum atomic E-state index is -3.41. The Hall–Kier alpha value is -2.58. The predicted octanol–water partition coefficient (Wildman–Crippen LogP) is 2.35. The van der Waals surface area contributed by atoms with E-state index in [9.17, 15) is 8.42 Å². The van der Waals surface area contributed by atoms with Crippen molar-refractivity contribution in [2.24, 2.45) is 4.99 Å². The van der Waals surface area contributed by atoms with Crippen molar-refractivity contribution in [3.8, 4) is 5.75 Å². The van der Waals surface area contributed by atoms with Crippen LogP contribution in [0.1, 0.15) is 29.5 Å². The van der Waals surface area contributed by atoms with Crippen molar-refractivity contribution in [3.63, 3.8) is 0 Å². The van der Waals surface area contributed by atoms with Gasteiger partial charge in [0.05, 0.1) is 12.0 Å². The molecule has 0 radical (unpaired) electrons. The Balaban J connectivity index is 1.49. The normalized spacial score (nSPS) is 14.4. The fourth-order valence-electron chi connectivity index (χ4n) is 3.10. The number of guanidine groups is 1. The van der Waals surface area contributed by atoms with E-state index in [4.69, 9.17) is 4.74 Å². The van der Waals surface area contributed by atoms with Crippen LogP contribution in [0, 0.1) is 6.92 Å². The summed E-state index contributed by atoms with van der Waals surface area (Å²) in [5.74, 6) is 1.57. The highest BCUT2D eigenvalue weighted by molar-refractivity contribution is 7.89. The zero-order chi connectivity index (χ0) is 21.6. The van der Waals surface area contributed by atoms with Gasteiger partial charge in [-0.15, -0.1) is 0 Å². The second kappa shape index (κ2) is 9.95. The number of rotatable bonds is 9. The molecule has 1 fully saturated rings. The first-order valence-electron chi connectivity index (χ1n) is 10.1. The number of methoxy groups -OCH3 is 1. The van der Waals surface area contributed by atoms with E-state index in [-0.39, 0.29) is 6.04 Å². The van der Waals surface area contributed by atoms with Crippen molar-refractivity contribution in [2.45, 2.75) is 43.7 Å². The first-order chi connectivity index (χ1) is 14.4. The summed E-state index contributed by atoms with van der Waals surface area (Å²) in [5, 5.41) is 6.56. The third-order valence-corrected chi connectivity index (χ3v) is 6.48. The Labute approximate surface area is 179 Å².